The summed E-state index contributed by atoms with van der Waals surface area (Å²) in [7, 11) is -0.356. The lowest BCUT2D eigenvalue weighted by atomic mass is 9.78. The Labute approximate surface area is 139 Å². The fourth-order valence-electron chi connectivity index (χ4n) is 2.42. The number of hydrogen-bond donors (Lipinski definition) is 2. The number of thiol groups is 1. The van der Waals surface area contributed by atoms with Gasteiger partial charge < -0.3 is 15.0 Å². The molecule has 0 unspecified atom stereocenters. The lowest BCUT2D eigenvalue weighted by Gasteiger charge is -2.32. The summed E-state index contributed by atoms with van der Waals surface area (Å²) in [6.07, 6.45) is 3.01. The second-order valence-electron chi connectivity index (χ2n) is 6.78. The maximum atomic E-state index is 6.11. The van der Waals surface area contributed by atoms with E-state index in [1.165, 1.54) is 0 Å². The predicted molar refractivity (Wildman–Crippen MR) is 98.1 cm³/mol. The second-order valence-corrected chi connectivity index (χ2v) is 7.09. The minimum atomic E-state index is -0.356. The third-order valence-corrected chi connectivity index (χ3v) is 5.00. The van der Waals surface area contributed by atoms with Crippen LogP contribution in [0, 0.1) is 0 Å². The Morgan fingerprint density at radius 3 is 2.32 bits per heavy atom. The number of benzene rings is 1. The maximum absolute atomic E-state index is 6.11. The molecule has 0 aromatic heterocycles. The zero-order chi connectivity index (χ0) is 16.5. The molecule has 1 heterocycles. The molecule has 2 rings (SSSR count). The van der Waals surface area contributed by atoms with Crippen LogP contribution in [0.2, 0.25) is 0 Å². The molecule has 0 aliphatic carbocycles. The molecule has 120 valence electrons. The molecular formula is C17H26BNO2S. The van der Waals surface area contributed by atoms with Crippen molar-refractivity contribution in [1.29, 1.82) is 0 Å². The number of nitrogens with two attached hydrogens (primary N) is 1. The van der Waals surface area contributed by atoms with Gasteiger partial charge in [-0.3, -0.25) is 0 Å². The van der Waals surface area contributed by atoms with Crippen molar-refractivity contribution in [2.24, 2.45) is 0 Å². The quantitative estimate of drug-likeness (QED) is 0.504. The van der Waals surface area contributed by atoms with Crippen molar-refractivity contribution in [2.75, 3.05) is 11.5 Å². The van der Waals surface area contributed by atoms with Crippen LogP contribution in [-0.4, -0.2) is 24.1 Å². The lowest BCUT2D eigenvalue weighted by Crippen LogP contribution is -2.41. The molecule has 0 atom stereocenters. The Morgan fingerprint density at radius 2 is 1.82 bits per heavy atom. The summed E-state index contributed by atoms with van der Waals surface area (Å²) in [5.74, 6) is 0.586. The number of anilines is 1. The predicted octanol–water partition coefficient (Wildman–Crippen LogP) is 3.78. The molecule has 0 spiro atoms. The van der Waals surface area contributed by atoms with Gasteiger partial charge in [0.15, 0.2) is 0 Å². The fraction of sp³-hybridized carbons (Fsp3) is 0.529. The highest BCUT2D eigenvalue weighted by Crippen LogP contribution is 2.39. The van der Waals surface area contributed by atoms with Gasteiger partial charge in [0.05, 0.1) is 11.2 Å². The van der Waals surface area contributed by atoms with Crippen molar-refractivity contribution < 1.29 is 9.31 Å². The van der Waals surface area contributed by atoms with E-state index in [0.29, 0.717) is 5.75 Å². The van der Waals surface area contributed by atoms with Crippen LogP contribution < -0.4 is 5.73 Å². The first-order valence-electron chi connectivity index (χ1n) is 7.75. The van der Waals surface area contributed by atoms with E-state index in [1.54, 1.807) is 0 Å². The zero-order valence-corrected chi connectivity index (χ0v) is 15.0. The normalized spacial score (nSPS) is 20.5. The van der Waals surface area contributed by atoms with Crippen molar-refractivity contribution in [3.05, 3.63) is 34.8 Å². The van der Waals surface area contributed by atoms with Crippen LogP contribution in [0.4, 0.5) is 5.69 Å². The van der Waals surface area contributed by atoms with E-state index in [0.717, 1.165) is 28.7 Å². The van der Waals surface area contributed by atoms with Gasteiger partial charge in [-0.2, -0.15) is 12.6 Å². The van der Waals surface area contributed by atoms with Gasteiger partial charge in [0.1, 0.15) is 0 Å². The van der Waals surface area contributed by atoms with Crippen molar-refractivity contribution in [1.82, 2.24) is 0 Å². The topological polar surface area (TPSA) is 44.5 Å². The summed E-state index contributed by atoms with van der Waals surface area (Å²) in [6, 6.07) is 6.08. The van der Waals surface area contributed by atoms with Crippen molar-refractivity contribution in [3.63, 3.8) is 0 Å². The highest BCUT2D eigenvalue weighted by atomic mass is 32.1. The van der Waals surface area contributed by atoms with E-state index in [9.17, 15) is 0 Å². The fourth-order valence-corrected chi connectivity index (χ4v) is 2.66. The molecule has 1 aromatic carbocycles. The summed E-state index contributed by atoms with van der Waals surface area (Å²) in [5.41, 5.74) is 9.41. The summed E-state index contributed by atoms with van der Waals surface area (Å²) >= 11 is 4.45. The van der Waals surface area contributed by atoms with Crippen LogP contribution in [-0.2, 0) is 15.7 Å². The standard InChI is InChI=1S/C17H26BNO2S/c1-6-13-9-12(7-8-15(13)19)10-14(11-22)18-20-16(2,3)17(4,5)21-18/h7-10,22H,6,11,19H2,1-5H3. The van der Waals surface area contributed by atoms with Crippen LogP contribution in [0.3, 0.4) is 0 Å². The van der Waals surface area contributed by atoms with Gasteiger partial charge in [-0.05, 0) is 62.8 Å². The van der Waals surface area contributed by atoms with Gasteiger partial charge in [0.2, 0.25) is 0 Å². The molecule has 3 nitrogen and oxygen atoms in total. The van der Waals surface area contributed by atoms with E-state index in [1.807, 2.05) is 12.1 Å². The maximum Gasteiger partial charge on any atom is 0.491 e. The van der Waals surface area contributed by atoms with E-state index in [2.05, 4.69) is 59.4 Å². The van der Waals surface area contributed by atoms with Crippen molar-refractivity contribution >= 4 is 31.5 Å². The molecule has 1 fully saturated rings. The lowest BCUT2D eigenvalue weighted by molar-refractivity contribution is 0.00578. The molecule has 2 N–H and O–H groups in total. The van der Waals surface area contributed by atoms with Crippen LogP contribution in [0.25, 0.3) is 6.08 Å². The van der Waals surface area contributed by atoms with Gasteiger partial charge >= 0.3 is 7.12 Å². The summed E-state index contributed by atoms with van der Waals surface area (Å²) < 4.78 is 12.2. The zero-order valence-electron chi connectivity index (χ0n) is 14.1. The molecule has 0 amide bonds. The Bertz CT molecular complexity index is 568. The molecule has 0 bridgehead atoms. The molecule has 0 radical (unpaired) electrons. The van der Waals surface area contributed by atoms with Crippen LogP contribution in [0.1, 0.15) is 45.7 Å². The highest BCUT2D eigenvalue weighted by Gasteiger charge is 2.52. The SMILES string of the molecule is CCc1cc(C=C(CS)B2OC(C)(C)C(C)(C)O2)ccc1N. The Balaban J connectivity index is 2.29. The first-order chi connectivity index (χ1) is 10.2. The average Bonchev–Trinajstić information content (AvgIpc) is 2.66. The highest BCUT2D eigenvalue weighted by molar-refractivity contribution is 7.80. The second kappa shape index (κ2) is 6.30. The Kier molecular flexibility index (Phi) is 5.00. The minimum absolute atomic E-state index is 0.338. The smallest absolute Gasteiger partial charge is 0.400 e. The van der Waals surface area contributed by atoms with Crippen molar-refractivity contribution in [2.45, 2.75) is 52.2 Å². The monoisotopic (exact) mass is 319 g/mol. The van der Waals surface area contributed by atoms with Gasteiger partial charge in [-0.25, -0.2) is 0 Å². The third kappa shape index (κ3) is 3.37. The molecule has 1 saturated heterocycles. The van der Waals surface area contributed by atoms with E-state index in [-0.39, 0.29) is 18.3 Å². The van der Waals surface area contributed by atoms with Gasteiger partial charge in [0.25, 0.3) is 0 Å². The molecule has 5 heteroatoms. The van der Waals surface area contributed by atoms with Gasteiger partial charge in [-0.1, -0.05) is 19.1 Å². The third-order valence-electron chi connectivity index (χ3n) is 4.64. The molecular weight excluding hydrogens is 293 g/mol. The van der Waals surface area contributed by atoms with Gasteiger partial charge in [0, 0.05) is 11.4 Å². The summed E-state index contributed by atoms with van der Waals surface area (Å²) in [4.78, 5) is 0. The Hall–Kier alpha value is -0.905. The molecule has 0 saturated carbocycles. The summed E-state index contributed by atoms with van der Waals surface area (Å²) in [5, 5.41) is 0. The van der Waals surface area contributed by atoms with E-state index in [4.69, 9.17) is 15.0 Å². The average molecular weight is 319 g/mol. The van der Waals surface area contributed by atoms with Crippen LogP contribution >= 0.6 is 12.6 Å². The number of rotatable bonds is 4. The van der Waals surface area contributed by atoms with Crippen LogP contribution in [0.15, 0.2) is 23.7 Å². The van der Waals surface area contributed by atoms with Gasteiger partial charge in [-0.15, -0.1) is 0 Å². The Morgan fingerprint density at radius 1 is 1.23 bits per heavy atom. The minimum Gasteiger partial charge on any atom is -0.400 e. The largest absolute Gasteiger partial charge is 0.491 e. The number of aryl methyl sites for hydroxylation is 1. The first kappa shape index (κ1) is 17.4. The number of nitrogen functional groups attached to an aromatic ring is 1. The molecule has 1 aliphatic heterocycles. The van der Waals surface area contributed by atoms with E-state index < -0.39 is 0 Å². The number of hydrogen-bond acceptors (Lipinski definition) is 4. The first-order valence-corrected chi connectivity index (χ1v) is 8.39. The van der Waals surface area contributed by atoms with Crippen LogP contribution in [0.5, 0.6) is 0 Å². The summed E-state index contributed by atoms with van der Waals surface area (Å²) in [6.45, 7) is 10.3. The molecule has 22 heavy (non-hydrogen) atoms. The molecule has 1 aromatic rings. The van der Waals surface area contributed by atoms with Crippen molar-refractivity contribution in [3.8, 4) is 0 Å². The molecule has 1 aliphatic rings. The van der Waals surface area contributed by atoms with E-state index >= 15 is 0 Å².